The number of allylic oxidation sites excluding steroid dienone is 3. The van der Waals surface area contributed by atoms with Gasteiger partial charge < -0.3 is 15.4 Å². The predicted molar refractivity (Wildman–Crippen MR) is 156 cm³/mol. The molecule has 39 heavy (non-hydrogen) atoms. The third kappa shape index (κ3) is 6.19. The van der Waals surface area contributed by atoms with Crippen molar-refractivity contribution in [2.45, 2.75) is 71.6 Å². The van der Waals surface area contributed by atoms with E-state index in [9.17, 15) is 9.59 Å². The molecule has 5 nitrogen and oxygen atoms in total. The number of carbonyl (C=O) groups excluding carboxylic acids is 2. The van der Waals surface area contributed by atoms with Crippen LogP contribution in [0.1, 0.15) is 77.2 Å². The number of piperidine rings is 1. The topological polar surface area (TPSA) is 67.4 Å². The first-order valence-corrected chi connectivity index (χ1v) is 14.7. The van der Waals surface area contributed by atoms with Crippen molar-refractivity contribution in [3.63, 3.8) is 0 Å². The molecule has 1 fully saturated rings. The summed E-state index contributed by atoms with van der Waals surface area (Å²) in [6, 6.07) is 18.6. The molecule has 0 amide bonds. The molecule has 1 unspecified atom stereocenters. The number of hydrogen-bond acceptors (Lipinski definition) is 5. The molecule has 2 aromatic rings. The van der Waals surface area contributed by atoms with Crippen molar-refractivity contribution in [3.8, 4) is 11.1 Å². The molecule has 0 bridgehead atoms. The van der Waals surface area contributed by atoms with Gasteiger partial charge in [-0.15, -0.1) is 0 Å². The van der Waals surface area contributed by atoms with E-state index in [0.717, 1.165) is 78.9 Å². The number of nitrogens with one attached hydrogen (secondary N) is 2. The van der Waals surface area contributed by atoms with E-state index in [1.807, 2.05) is 18.2 Å². The van der Waals surface area contributed by atoms with Crippen molar-refractivity contribution in [1.82, 2.24) is 10.6 Å². The minimum atomic E-state index is -0.422. The highest BCUT2D eigenvalue weighted by Gasteiger charge is 2.41. The zero-order chi connectivity index (χ0) is 27.4. The van der Waals surface area contributed by atoms with E-state index in [1.165, 1.54) is 0 Å². The van der Waals surface area contributed by atoms with Gasteiger partial charge in [-0.1, -0.05) is 75.4 Å². The lowest BCUT2D eigenvalue weighted by molar-refractivity contribution is -0.139. The minimum absolute atomic E-state index is 0.00712. The molecule has 2 heterocycles. The fraction of sp³-hybridized carbons (Fsp3) is 0.471. The maximum absolute atomic E-state index is 13.8. The van der Waals surface area contributed by atoms with Gasteiger partial charge in [-0.3, -0.25) is 4.79 Å². The molecule has 0 saturated carbocycles. The fourth-order valence-corrected chi connectivity index (χ4v) is 6.35. The molecule has 1 aliphatic carbocycles. The average Bonchev–Trinajstić information content (AvgIpc) is 3.07. The van der Waals surface area contributed by atoms with Gasteiger partial charge in [0.2, 0.25) is 0 Å². The van der Waals surface area contributed by atoms with Crippen molar-refractivity contribution >= 4 is 11.8 Å². The summed E-state index contributed by atoms with van der Waals surface area (Å²) in [6.07, 6.45) is 5.91. The van der Waals surface area contributed by atoms with Crippen molar-refractivity contribution in [2.75, 3.05) is 19.7 Å². The molecular formula is C34H42N2O3. The number of ether oxygens (including phenoxy) is 1. The van der Waals surface area contributed by atoms with Crippen molar-refractivity contribution in [1.29, 1.82) is 0 Å². The molecule has 3 aliphatic rings. The highest BCUT2D eigenvalue weighted by Crippen LogP contribution is 2.46. The van der Waals surface area contributed by atoms with E-state index in [2.05, 4.69) is 67.8 Å². The van der Waals surface area contributed by atoms with Gasteiger partial charge in [0.1, 0.15) is 0 Å². The Morgan fingerprint density at radius 2 is 1.69 bits per heavy atom. The number of rotatable bonds is 7. The molecule has 206 valence electrons. The summed E-state index contributed by atoms with van der Waals surface area (Å²) in [5.74, 6) is 0.00177. The molecule has 1 saturated heterocycles. The smallest absolute Gasteiger partial charge is 0.336 e. The second kappa shape index (κ2) is 11.9. The fourth-order valence-electron chi connectivity index (χ4n) is 6.35. The first kappa shape index (κ1) is 27.4. The average molecular weight is 527 g/mol. The van der Waals surface area contributed by atoms with Gasteiger partial charge in [-0.25, -0.2) is 4.79 Å². The van der Waals surface area contributed by atoms with E-state index in [4.69, 9.17) is 4.74 Å². The van der Waals surface area contributed by atoms with E-state index in [1.54, 1.807) is 0 Å². The quantitative estimate of drug-likeness (QED) is 0.395. The Morgan fingerprint density at radius 1 is 1.00 bits per heavy atom. The molecule has 0 aromatic heterocycles. The van der Waals surface area contributed by atoms with Crippen LogP contribution in [0.5, 0.6) is 0 Å². The van der Waals surface area contributed by atoms with Crippen LogP contribution in [0.25, 0.3) is 11.1 Å². The Labute approximate surface area is 233 Å². The molecule has 0 spiro atoms. The Morgan fingerprint density at radius 3 is 2.38 bits per heavy atom. The van der Waals surface area contributed by atoms with Crippen LogP contribution in [0.15, 0.2) is 77.1 Å². The van der Waals surface area contributed by atoms with Gasteiger partial charge in [0.15, 0.2) is 5.78 Å². The molecule has 5 heteroatoms. The number of benzene rings is 2. The summed E-state index contributed by atoms with van der Waals surface area (Å²) < 4.78 is 5.96. The third-order valence-electron chi connectivity index (χ3n) is 8.66. The molecule has 2 N–H and O–H groups in total. The normalized spacial score (nSPS) is 21.7. The van der Waals surface area contributed by atoms with Gasteiger partial charge in [-0.05, 0) is 79.6 Å². The summed E-state index contributed by atoms with van der Waals surface area (Å²) in [4.78, 5) is 27.5. The third-order valence-corrected chi connectivity index (χ3v) is 8.66. The van der Waals surface area contributed by atoms with E-state index in [0.29, 0.717) is 30.9 Å². The first-order valence-electron chi connectivity index (χ1n) is 14.7. The Balaban J connectivity index is 1.50. The zero-order valence-corrected chi connectivity index (χ0v) is 23.6. The standard InChI is InChI=1S/C34H42N2O3/c1-4-27-32(33(38)39-21-17-23-15-19-35-20-16-23)30(31-28(36-27)22-34(2,3)18-14-29(31)37)26-12-10-25(11-13-26)24-8-6-5-7-9-24/h5-13,23,30,35-36H,4,14-22H2,1-3H3. The van der Waals surface area contributed by atoms with Crippen molar-refractivity contribution in [3.05, 3.63) is 82.7 Å². The van der Waals surface area contributed by atoms with Crippen LogP contribution in [0.2, 0.25) is 0 Å². The monoisotopic (exact) mass is 526 g/mol. The Kier molecular flexibility index (Phi) is 8.37. The van der Waals surface area contributed by atoms with E-state index in [-0.39, 0.29) is 17.2 Å². The highest BCUT2D eigenvalue weighted by molar-refractivity contribution is 6.03. The van der Waals surface area contributed by atoms with Crippen LogP contribution < -0.4 is 10.6 Å². The van der Waals surface area contributed by atoms with E-state index < -0.39 is 5.92 Å². The molecule has 2 aliphatic heterocycles. The van der Waals surface area contributed by atoms with Gasteiger partial charge in [-0.2, -0.15) is 0 Å². The summed E-state index contributed by atoms with van der Waals surface area (Å²) in [7, 11) is 0. The van der Waals surface area contributed by atoms with Crippen LogP contribution >= 0.6 is 0 Å². The highest BCUT2D eigenvalue weighted by atomic mass is 16.5. The summed E-state index contributed by atoms with van der Waals surface area (Å²) in [5, 5.41) is 6.97. The first-order chi connectivity index (χ1) is 18.9. The second-order valence-corrected chi connectivity index (χ2v) is 12.1. The number of dihydropyridines is 1. The van der Waals surface area contributed by atoms with Gasteiger partial charge >= 0.3 is 5.97 Å². The van der Waals surface area contributed by atoms with Crippen LogP contribution in [-0.4, -0.2) is 31.4 Å². The number of esters is 1. The van der Waals surface area contributed by atoms with Crippen LogP contribution in [-0.2, 0) is 14.3 Å². The number of carbonyl (C=O) groups is 2. The van der Waals surface area contributed by atoms with Crippen LogP contribution in [0.4, 0.5) is 0 Å². The molecule has 5 rings (SSSR count). The van der Waals surface area contributed by atoms with Gasteiger partial charge in [0, 0.05) is 29.3 Å². The molecule has 0 radical (unpaired) electrons. The lowest BCUT2D eigenvalue weighted by Gasteiger charge is -2.34. The van der Waals surface area contributed by atoms with Gasteiger partial charge in [0.25, 0.3) is 0 Å². The van der Waals surface area contributed by atoms with E-state index >= 15 is 0 Å². The maximum Gasteiger partial charge on any atom is 0.336 e. The number of Topliss-reactive ketones (excluding diaryl/α,β-unsaturated/α-hetero) is 1. The van der Waals surface area contributed by atoms with Crippen molar-refractivity contribution in [2.24, 2.45) is 11.3 Å². The lowest BCUT2D eigenvalue weighted by atomic mass is 9.77. The molecular weight excluding hydrogens is 484 g/mol. The summed E-state index contributed by atoms with van der Waals surface area (Å²) >= 11 is 0. The molecule has 2 aromatic carbocycles. The molecule has 1 atom stereocenters. The number of ketones is 1. The van der Waals surface area contributed by atoms with Crippen LogP contribution in [0.3, 0.4) is 0 Å². The summed E-state index contributed by atoms with van der Waals surface area (Å²) in [6.45, 7) is 8.99. The Hall–Kier alpha value is -3.18. The van der Waals surface area contributed by atoms with Crippen LogP contribution in [0, 0.1) is 11.3 Å². The minimum Gasteiger partial charge on any atom is -0.462 e. The second-order valence-electron chi connectivity index (χ2n) is 12.1. The van der Waals surface area contributed by atoms with Crippen molar-refractivity contribution < 1.29 is 14.3 Å². The van der Waals surface area contributed by atoms with Gasteiger partial charge in [0.05, 0.1) is 12.2 Å². The summed E-state index contributed by atoms with van der Waals surface area (Å²) in [5.41, 5.74) is 6.43. The Bertz CT molecular complexity index is 1250. The SMILES string of the molecule is CCC1=C(C(=O)OCCC2CCNCC2)C(c2ccc(-c3ccccc3)cc2)C2=C(CC(C)(C)CCC2=O)N1. The number of hydrogen-bond donors (Lipinski definition) is 2. The lowest BCUT2D eigenvalue weighted by Crippen LogP contribution is -2.33. The maximum atomic E-state index is 13.8. The predicted octanol–water partition coefficient (Wildman–Crippen LogP) is 6.67. The largest absolute Gasteiger partial charge is 0.462 e. The zero-order valence-electron chi connectivity index (χ0n) is 23.6.